The first-order valence-electron chi connectivity index (χ1n) is 10.4. The van der Waals surface area contributed by atoms with E-state index in [0.717, 1.165) is 0 Å². The molecule has 1 aromatic carbocycles. The van der Waals surface area contributed by atoms with Crippen molar-refractivity contribution in [2.24, 2.45) is 11.8 Å². The van der Waals surface area contributed by atoms with E-state index < -0.39 is 0 Å². The highest BCUT2D eigenvalue weighted by Crippen LogP contribution is 2.42. The second kappa shape index (κ2) is 11.3. The number of ether oxygens (including phenoxy) is 3. The Morgan fingerprint density at radius 3 is 2.06 bits per heavy atom. The molecule has 0 bridgehead atoms. The zero-order valence-electron chi connectivity index (χ0n) is 19.9. The number of aldehydes is 1. The highest BCUT2D eigenvalue weighted by Gasteiger charge is 2.22. The predicted molar refractivity (Wildman–Crippen MR) is 123 cm³/mol. The number of nitrogens with one attached hydrogen (secondary N) is 2. The van der Waals surface area contributed by atoms with Crippen molar-refractivity contribution in [3.63, 3.8) is 0 Å². The molecule has 10 nitrogen and oxygen atoms in total. The lowest BCUT2D eigenvalue weighted by Gasteiger charge is -2.18. The van der Waals surface area contributed by atoms with Gasteiger partial charge >= 0.3 is 0 Å². The van der Waals surface area contributed by atoms with Gasteiger partial charge in [-0.15, -0.1) is 0 Å². The summed E-state index contributed by atoms with van der Waals surface area (Å²) in [5.74, 6) is 0.131. The molecular weight excluding hydrogens is 428 g/mol. The number of carbonyl (C=O) groups is 3. The quantitative estimate of drug-likeness (QED) is 0.520. The fourth-order valence-electron chi connectivity index (χ4n) is 2.93. The van der Waals surface area contributed by atoms with Crippen LogP contribution >= 0.6 is 0 Å². The van der Waals surface area contributed by atoms with Gasteiger partial charge in [-0.25, -0.2) is 4.98 Å². The molecule has 2 N–H and O–H groups in total. The van der Waals surface area contributed by atoms with Crippen LogP contribution in [0, 0.1) is 11.8 Å². The zero-order chi connectivity index (χ0) is 24.7. The summed E-state index contributed by atoms with van der Waals surface area (Å²) in [5, 5.41) is 5.40. The van der Waals surface area contributed by atoms with E-state index >= 15 is 0 Å². The van der Waals surface area contributed by atoms with Crippen LogP contribution in [0.25, 0.3) is 0 Å². The van der Waals surface area contributed by atoms with E-state index in [4.69, 9.17) is 14.2 Å². The van der Waals surface area contributed by atoms with Crippen molar-refractivity contribution in [2.75, 3.05) is 32.0 Å². The smallest absolute Gasteiger partial charge is 0.231 e. The molecule has 0 saturated heterocycles. The lowest BCUT2D eigenvalue weighted by atomic mass is 9.99. The van der Waals surface area contributed by atoms with Crippen molar-refractivity contribution >= 4 is 29.9 Å². The Morgan fingerprint density at radius 2 is 1.55 bits per heavy atom. The summed E-state index contributed by atoms with van der Waals surface area (Å²) in [4.78, 5) is 44.9. The molecule has 0 fully saturated rings. The number of aromatic nitrogens is 2. The highest BCUT2D eigenvalue weighted by molar-refractivity contribution is 5.93. The lowest BCUT2D eigenvalue weighted by molar-refractivity contribution is -0.119. The standard InChI is InChI=1S/C23H30N4O6/c1-12(2)21(29)25-20-15(10-24-23(26-20)27-22(30)13(3)4)8-14-9-17(31-5)19(33-7)18(32-6)16(14)11-28/h9-13H,8H2,1-7H3,(H2,24,25,26,27,29,30). The SMILES string of the molecule is COc1cc(Cc2cnc(NC(=O)C(C)C)nc2NC(=O)C(C)C)c(C=O)c(OC)c1OC. The Bertz CT molecular complexity index is 1040. The molecule has 0 aliphatic carbocycles. The van der Waals surface area contributed by atoms with Gasteiger partial charge in [-0.05, 0) is 11.6 Å². The van der Waals surface area contributed by atoms with Crippen LogP contribution in [0.5, 0.6) is 17.2 Å². The normalized spacial score (nSPS) is 10.7. The third kappa shape index (κ3) is 5.97. The summed E-state index contributed by atoms with van der Waals surface area (Å²) < 4.78 is 16.2. The van der Waals surface area contributed by atoms with Gasteiger partial charge in [0.15, 0.2) is 17.8 Å². The molecule has 0 unspecified atom stereocenters. The number of amides is 2. The number of carbonyl (C=O) groups excluding carboxylic acids is 3. The van der Waals surface area contributed by atoms with Crippen molar-refractivity contribution in [1.82, 2.24) is 9.97 Å². The number of rotatable bonds is 10. The molecule has 10 heteroatoms. The zero-order valence-corrected chi connectivity index (χ0v) is 19.9. The summed E-state index contributed by atoms with van der Waals surface area (Å²) in [6.07, 6.45) is 2.34. The maximum Gasteiger partial charge on any atom is 0.231 e. The number of nitrogens with zero attached hydrogens (tertiary/aromatic N) is 2. The average molecular weight is 459 g/mol. The summed E-state index contributed by atoms with van der Waals surface area (Å²) in [6, 6.07) is 1.66. The summed E-state index contributed by atoms with van der Waals surface area (Å²) in [6.45, 7) is 7.00. The topological polar surface area (TPSA) is 129 Å². The van der Waals surface area contributed by atoms with E-state index in [1.54, 1.807) is 33.8 Å². The van der Waals surface area contributed by atoms with E-state index in [1.807, 2.05) is 0 Å². The average Bonchev–Trinajstić information content (AvgIpc) is 2.79. The molecule has 178 valence electrons. The molecule has 0 atom stereocenters. The van der Waals surface area contributed by atoms with Gasteiger partial charge in [0.05, 0.1) is 26.9 Å². The highest BCUT2D eigenvalue weighted by atomic mass is 16.5. The molecular formula is C23H30N4O6. The van der Waals surface area contributed by atoms with Crippen molar-refractivity contribution in [3.05, 3.63) is 29.0 Å². The molecule has 0 radical (unpaired) electrons. The summed E-state index contributed by atoms with van der Waals surface area (Å²) in [5.41, 5.74) is 1.36. The van der Waals surface area contributed by atoms with Crippen LogP contribution in [0.1, 0.15) is 49.2 Å². The Balaban J connectivity index is 2.58. The number of anilines is 2. The van der Waals surface area contributed by atoms with E-state index in [9.17, 15) is 14.4 Å². The number of hydrogen-bond donors (Lipinski definition) is 2. The Hall–Kier alpha value is -3.69. The van der Waals surface area contributed by atoms with Crippen LogP contribution in [0.2, 0.25) is 0 Å². The molecule has 33 heavy (non-hydrogen) atoms. The van der Waals surface area contributed by atoms with Gasteiger partial charge in [-0.3, -0.25) is 19.7 Å². The van der Waals surface area contributed by atoms with Crippen LogP contribution in [-0.2, 0) is 16.0 Å². The summed E-state index contributed by atoms with van der Waals surface area (Å²) in [7, 11) is 4.36. The minimum Gasteiger partial charge on any atom is -0.493 e. The predicted octanol–water partition coefficient (Wildman–Crippen LogP) is 3.09. The Labute approximate surface area is 193 Å². The van der Waals surface area contributed by atoms with E-state index in [2.05, 4.69) is 20.6 Å². The van der Waals surface area contributed by atoms with Crippen LogP contribution < -0.4 is 24.8 Å². The molecule has 0 aliphatic rings. The van der Waals surface area contributed by atoms with Crippen LogP contribution in [0.15, 0.2) is 12.3 Å². The van der Waals surface area contributed by atoms with Gasteiger partial charge in [0.25, 0.3) is 0 Å². The van der Waals surface area contributed by atoms with Crippen molar-refractivity contribution in [2.45, 2.75) is 34.1 Å². The van der Waals surface area contributed by atoms with Gasteiger partial charge in [-0.1, -0.05) is 27.7 Å². The molecule has 0 saturated carbocycles. The maximum atomic E-state index is 12.4. The molecule has 1 aromatic heterocycles. The Morgan fingerprint density at radius 1 is 0.939 bits per heavy atom. The van der Waals surface area contributed by atoms with Gasteiger partial charge in [0.1, 0.15) is 5.82 Å². The van der Waals surface area contributed by atoms with Crippen LogP contribution in [-0.4, -0.2) is 49.4 Å². The first-order chi connectivity index (χ1) is 15.7. The van der Waals surface area contributed by atoms with E-state index in [0.29, 0.717) is 28.9 Å². The fraction of sp³-hybridized carbons (Fsp3) is 0.435. The molecule has 2 amide bonds. The van der Waals surface area contributed by atoms with Gasteiger partial charge < -0.3 is 19.5 Å². The van der Waals surface area contributed by atoms with Crippen molar-refractivity contribution in [1.29, 1.82) is 0 Å². The molecule has 0 spiro atoms. The van der Waals surface area contributed by atoms with Gasteiger partial charge in [-0.2, -0.15) is 4.98 Å². The van der Waals surface area contributed by atoms with Gasteiger partial charge in [0, 0.05) is 30.0 Å². The number of hydrogen-bond acceptors (Lipinski definition) is 8. The molecule has 0 aliphatic heterocycles. The van der Waals surface area contributed by atoms with Gasteiger partial charge in [0.2, 0.25) is 23.5 Å². The van der Waals surface area contributed by atoms with Crippen LogP contribution in [0.3, 0.4) is 0 Å². The molecule has 2 rings (SSSR count). The minimum absolute atomic E-state index is 0.0667. The third-order valence-electron chi connectivity index (χ3n) is 4.84. The molecule has 2 aromatic rings. The largest absolute Gasteiger partial charge is 0.493 e. The second-order valence-electron chi connectivity index (χ2n) is 7.87. The minimum atomic E-state index is -0.298. The third-order valence-corrected chi connectivity index (χ3v) is 4.84. The monoisotopic (exact) mass is 458 g/mol. The summed E-state index contributed by atoms with van der Waals surface area (Å²) >= 11 is 0. The fourth-order valence-corrected chi connectivity index (χ4v) is 2.93. The van der Waals surface area contributed by atoms with E-state index in [-0.39, 0.29) is 53.2 Å². The second-order valence-corrected chi connectivity index (χ2v) is 7.87. The lowest BCUT2D eigenvalue weighted by Crippen LogP contribution is -2.23. The Kier molecular flexibility index (Phi) is 8.72. The van der Waals surface area contributed by atoms with Crippen molar-refractivity contribution in [3.8, 4) is 17.2 Å². The number of methoxy groups -OCH3 is 3. The number of benzene rings is 1. The first kappa shape index (κ1) is 25.6. The van der Waals surface area contributed by atoms with Crippen molar-refractivity contribution < 1.29 is 28.6 Å². The van der Waals surface area contributed by atoms with E-state index in [1.165, 1.54) is 27.5 Å². The first-order valence-corrected chi connectivity index (χ1v) is 10.4. The molecule has 1 heterocycles. The maximum absolute atomic E-state index is 12.4. The van der Waals surface area contributed by atoms with Crippen LogP contribution in [0.4, 0.5) is 11.8 Å².